The Hall–Kier alpha value is -3.03. The number of hydrogen-bond donors (Lipinski definition) is 1. The van der Waals surface area contributed by atoms with Gasteiger partial charge in [-0.15, -0.1) is 0 Å². The van der Waals surface area contributed by atoms with Gasteiger partial charge in [0.25, 0.3) is 11.8 Å². The van der Waals surface area contributed by atoms with Crippen molar-refractivity contribution >= 4 is 5.91 Å². The van der Waals surface area contributed by atoms with Gasteiger partial charge >= 0.3 is 0 Å². The first-order valence-electron chi connectivity index (χ1n) is 9.91. The van der Waals surface area contributed by atoms with E-state index in [0.29, 0.717) is 23.3 Å². The van der Waals surface area contributed by atoms with Crippen molar-refractivity contribution in [3.63, 3.8) is 0 Å². The molecule has 2 aliphatic rings. The second-order valence-corrected chi connectivity index (χ2v) is 7.61. The van der Waals surface area contributed by atoms with E-state index in [1.165, 1.54) is 19.3 Å². The summed E-state index contributed by atoms with van der Waals surface area (Å²) in [6.45, 7) is 0. The lowest BCUT2D eigenvalue weighted by atomic mass is 9.95. The molecule has 0 unspecified atom stereocenters. The van der Waals surface area contributed by atoms with Crippen molar-refractivity contribution in [1.82, 2.24) is 30.0 Å². The number of carbonyl (C=O) groups excluding carboxylic acids is 1. The average Bonchev–Trinajstić information content (AvgIpc) is 3.26. The molecule has 0 radical (unpaired) electrons. The maximum Gasteiger partial charge on any atom is 0.271 e. The number of nitrogens with one attached hydrogen (secondary N) is 1. The lowest BCUT2D eigenvalue weighted by molar-refractivity contribution is 0.0923. The molecule has 0 saturated heterocycles. The van der Waals surface area contributed by atoms with E-state index in [1.54, 1.807) is 23.3 Å². The highest BCUT2D eigenvalue weighted by Gasteiger charge is 2.29. The molecule has 2 aliphatic carbocycles. The molecule has 0 spiro atoms. The van der Waals surface area contributed by atoms with Crippen LogP contribution >= 0.6 is 0 Å². The molecule has 1 N–H and O–H groups in total. The van der Waals surface area contributed by atoms with Gasteiger partial charge in [-0.2, -0.15) is 4.98 Å². The Morgan fingerprint density at radius 3 is 2.82 bits per heavy atom. The van der Waals surface area contributed by atoms with E-state index < -0.39 is 0 Å². The monoisotopic (exact) mass is 378 g/mol. The third-order valence-corrected chi connectivity index (χ3v) is 5.40. The molecule has 0 aromatic carbocycles. The molecule has 28 heavy (non-hydrogen) atoms. The summed E-state index contributed by atoms with van der Waals surface area (Å²) in [5, 5.41) is 7.15. The Morgan fingerprint density at radius 1 is 1.14 bits per heavy atom. The molecule has 3 aromatic rings. The van der Waals surface area contributed by atoms with Crippen molar-refractivity contribution in [2.45, 2.75) is 56.9 Å². The molecule has 144 valence electrons. The summed E-state index contributed by atoms with van der Waals surface area (Å²) < 4.78 is 7.13. The highest BCUT2D eigenvalue weighted by atomic mass is 16.5. The fraction of sp³-hybridized carbons (Fsp3) is 0.450. The van der Waals surface area contributed by atoms with Crippen LogP contribution in [0.4, 0.5) is 0 Å². The molecule has 0 atom stereocenters. The van der Waals surface area contributed by atoms with E-state index in [4.69, 9.17) is 4.52 Å². The Morgan fingerprint density at radius 2 is 2.00 bits per heavy atom. The van der Waals surface area contributed by atoms with Crippen LogP contribution < -0.4 is 5.32 Å². The molecule has 1 amide bonds. The Labute approximate surface area is 162 Å². The van der Waals surface area contributed by atoms with Gasteiger partial charge in [-0.05, 0) is 37.8 Å². The van der Waals surface area contributed by atoms with Crippen molar-refractivity contribution in [1.29, 1.82) is 0 Å². The molecule has 8 heteroatoms. The molecule has 0 aliphatic heterocycles. The van der Waals surface area contributed by atoms with Crippen molar-refractivity contribution < 1.29 is 9.32 Å². The number of carbonyl (C=O) groups is 1. The van der Waals surface area contributed by atoms with Crippen LogP contribution in [-0.4, -0.2) is 36.6 Å². The van der Waals surface area contributed by atoms with Crippen molar-refractivity contribution in [2.75, 3.05) is 0 Å². The predicted octanol–water partition coefficient (Wildman–Crippen LogP) is 3.26. The number of pyridine rings is 1. The largest absolute Gasteiger partial charge is 0.348 e. The van der Waals surface area contributed by atoms with E-state index in [2.05, 4.69) is 25.4 Å². The van der Waals surface area contributed by atoms with Gasteiger partial charge in [-0.3, -0.25) is 9.36 Å². The number of hydrogen-bond acceptors (Lipinski definition) is 6. The summed E-state index contributed by atoms with van der Waals surface area (Å²) >= 11 is 0. The molecule has 2 saturated carbocycles. The maximum absolute atomic E-state index is 12.5. The first-order valence-corrected chi connectivity index (χ1v) is 9.91. The van der Waals surface area contributed by atoms with Crippen LogP contribution in [0.25, 0.3) is 17.3 Å². The molecule has 0 bridgehead atoms. The Bertz CT molecular complexity index is 984. The molecule has 3 aromatic heterocycles. The average molecular weight is 378 g/mol. The van der Waals surface area contributed by atoms with Crippen LogP contribution in [0.5, 0.6) is 0 Å². The van der Waals surface area contributed by atoms with Crippen molar-refractivity contribution in [3.05, 3.63) is 42.4 Å². The van der Waals surface area contributed by atoms with Gasteiger partial charge in [0.05, 0.1) is 0 Å². The SMILES string of the molecule is O=C(NC1CCCCC1)c1cn(-c2cc(-c3nc(C4CC4)no3)ccn2)cn1. The molecule has 5 rings (SSSR count). The smallest absolute Gasteiger partial charge is 0.271 e. The third-order valence-electron chi connectivity index (χ3n) is 5.40. The normalized spacial score (nSPS) is 17.6. The van der Waals surface area contributed by atoms with Crippen LogP contribution in [-0.2, 0) is 0 Å². The first kappa shape index (κ1) is 17.1. The minimum atomic E-state index is -0.132. The minimum Gasteiger partial charge on any atom is -0.348 e. The second kappa shape index (κ2) is 7.18. The van der Waals surface area contributed by atoms with Crippen LogP contribution in [0, 0.1) is 0 Å². The van der Waals surface area contributed by atoms with E-state index in [-0.39, 0.29) is 11.9 Å². The highest BCUT2D eigenvalue weighted by Crippen LogP contribution is 2.38. The van der Waals surface area contributed by atoms with Crippen LogP contribution in [0.1, 0.15) is 67.2 Å². The zero-order chi connectivity index (χ0) is 18.9. The number of imidazole rings is 1. The number of aromatic nitrogens is 5. The molecular weight excluding hydrogens is 356 g/mol. The van der Waals surface area contributed by atoms with E-state index in [1.807, 2.05) is 12.1 Å². The topological polar surface area (TPSA) is 98.7 Å². The summed E-state index contributed by atoms with van der Waals surface area (Å²) in [6.07, 6.45) is 12.9. The van der Waals surface area contributed by atoms with Crippen LogP contribution in [0.15, 0.2) is 35.4 Å². The summed E-state index contributed by atoms with van der Waals surface area (Å²) in [6, 6.07) is 3.95. The van der Waals surface area contributed by atoms with Gasteiger partial charge in [0, 0.05) is 29.9 Å². The predicted molar refractivity (Wildman–Crippen MR) is 101 cm³/mol. The standard InChI is InChI=1S/C20H22N6O2/c27-19(23-15-4-2-1-3-5-15)16-11-26(12-22-16)17-10-14(8-9-21-17)20-24-18(25-28-20)13-6-7-13/h8-13,15H,1-7H2,(H,23,27). The Kier molecular flexibility index (Phi) is 4.38. The zero-order valence-electron chi connectivity index (χ0n) is 15.5. The lowest BCUT2D eigenvalue weighted by Gasteiger charge is -2.22. The van der Waals surface area contributed by atoms with E-state index >= 15 is 0 Å². The Balaban J connectivity index is 1.32. The number of amides is 1. The van der Waals surface area contributed by atoms with Gasteiger partial charge in [-0.25, -0.2) is 9.97 Å². The quantitative estimate of drug-likeness (QED) is 0.732. The van der Waals surface area contributed by atoms with E-state index in [9.17, 15) is 4.79 Å². The molecule has 8 nitrogen and oxygen atoms in total. The summed E-state index contributed by atoms with van der Waals surface area (Å²) in [5.41, 5.74) is 1.19. The maximum atomic E-state index is 12.5. The van der Waals surface area contributed by atoms with E-state index in [0.717, 1.165) is 37.1 Å². The van der Waals surface area contributed by atoms with Crippen LogP contribution in [0.2, 0.25) is 0 Å². The van der Waals surface area contributed by atoms with Gasteiger partial charge in [0.15, 0.2) is 5.82 Å². The van der Waals surface area contributed by atoms with Crippen molar-refractivity contribution in [2.24, 2.45) is 0 Å². The fourth-order valence-electron chi connectivity index (χ4n) is 3.62. The molecular formula is C20H22N6O2. The van der Waals surface area contributed by atoms with Gasteiger partial charge in [0.2, 0.25) is 0 Å². The number of rotatable bonds is 5. The van der Waals surface area contributed by atoms with Crippen LogP contribution in [0.3, 0.4) is 0 Å². The highest BCUT2D eigenvalue weighted by molar-refractivity contribution is 5.92. The third kappa shape index (κ3) is 3.54. The number of nitrogens with zero attached hydrogens (tertiary/aromatic N) is 5. The van der Waals surface area contributed by atoms with Gasteiger partial charge in [0.1, 0.15) is 17.8 Å². The lowest BCUT2D eigenvalue weighted by Crippen LogP contribution is -2.36. The zero-order valence-corrected chi connectivity index (χ0v) is 15.5. The summed E-state index contributed by atoms with van der Waals surface area (Å²) in [4.78, 5) is 25.6. The second-order valence-electron chi connectivity index (χ2n) is 7.61. The molecule has 3 heterocycles. The first-order chi connectivity index (χ1) is 13.8. The minimum absolute atomic E-state index is 0.132. The van der Waals surface area contributed by atoms with Crippen molar-refractivity contribution in [3.8, 4) is 17.3 Å². The summed E-state index contributed by atoms with van der Waals surface area (Å²) in [5.74, 6) is 2.22. The summed E-state index contributed by atoms with van der Waals surface area (Å²) in [7, 11) is 0. The van der Waals surface area contributed by atoms with Gasteiger partial charge in [-0.1, -0.05) is 24.4 Å². The fourth-order valence-corrected chi connectivity index (χ4v) is 3.62. The molecule has 2 fully saturated rings. The van der Waals surface area contributed by atoms with Gasteiger partial charge < -0.3 is 9.84 Å².